The number of amides is 1. The minimum absolute atomic E-state index is 0.0461. The van der Waals surface area contributed by atoms with Crippen molar-refractivity contribution < 1.29 is 19.1 Å². The number of rotatable bonds is 4. The maximum atomic E-state index is 12.0. The van der Waals surface area contributed by atoms with E-state index in [-0.39, 0.29) is 17.8 Å². The highest BCUT2D eigenvalue weighted by Gasteiger charge is 2.47. The normalized spacial score (nSPS) is 20.6. The van der Waals surface area contributed by atoms with Gasteiger partial charge in [-0.25, -0.2) is 4.79 Å². The Morgan fingerprint density at radius 2 is 1.83 bits per heavy atom. The molecule has 0 saturated heterocycles. The molecule has 23 heavy (non-hydrogen) atoms. The molecule has 1 aromatic rings. The van der Waals surface area contributed by atoms with Gasteiger partial charge < -0.3 is 9.47 Å². The third-order valence-corrected chi connectivity index (χ3v) is 3.46. The molecule has 1 fully saturated rings. The first-order valence-electron chi connectivity index (χ1n) is 7.64. The third kappa shape index (κ3) is 5.13. The molecule has 1 amide bonds. The van der Waals surface area contributed by atoms with Crippen LogP contribution in [0.3, 0.4) is 0 Å². The van der Waals surface area contributed by atoms with Crippen molar-refractivity contribution in [2.75, 3.05) is 7.11 Å². The number of carbonyl (C=O) groups is 2. The van der Waals surface area contributed by atoms with Crippen LogP contribution in [0.15, 0.2) is 36.0 Å². The first-order chi connectivity index (χ1) is 10.8. The zero-order valence-electron chi connectivity index (χ0n) is 14.0. The van der Waals surface area contributed by atoms with E-state index in [1.165, 1.54) is 7.11 Å². The van der Waals surface area contributed by atoms with Gasteiger partial charge in [-0.05, 0) is 38.8 Å². The van der Waals surface area contributed by atoms with Crippen LogP contribution in [0.1, 0.15) is 32.8 Å². The van der Waals surface area contributed by atoms with E-state index < -0.39 is 11.7 Å². The summed E-state index contributed by atoms with van der Waals surface area (Å²) < 4.78 is 10.1. The molecule has 5 heteroatoms. The first-order valence-corrected chi connectivity index (χ1v) is 7.64. The second-order valence-corrected chi connectivity index (χ2v) is 6.61. The summed E-state index contributed by atoms with van der Waals surface area (Å²) in [4.78, 5) is 23.7. The van der Waals surface area contributed by atoms with Gasteiger partial charge in [0, 0.05) is 11.6 Å². The Kier molecular flexibility index (Phi) is 5.08. The zero-order chi connectivity index (χ0) is 17.0. The highest BCUT2D eigenvalue weighted by molar-refractivity contribution is 5.79. The van der Waals surface area contributed by atoms with E-state index in [4.69, 9.17) is 9.47 Å². The molecule has 0 aromatic heterocycles. The molecule has 1 saturated carbocycles. The van der Waals surface area contributed by atoms with Crippen LogP contribution in [0, 0.1) is 11.8 Å². The summed E-state index contributed by atoms with van der Waals surface area (Å²) in [6.45, 7) is 5.42. The molecular weight excluding hydrogens is 294 g/mol. The van der Waals surface area contributed by atoms with Gasteiger partial charge in [-0.1, -0.05) is 30.3 Å². The number of allylic oxidation sites excluding steroid dienone is 1. The fourth-order valence-electron chi connectivity index (χ4n) is 2.34. The Hall–Kier alpha value is -2.30. The van der Waals surface area contributed by atoms with Crippen LogP contribution in [-0.2, 0) is 14.3 Å². The number of ether oxygens (including phenoxy) is 2. The Morgan fingerprint density at radius 1 is 1.17 bits per heavy atom. The highest BCUT2D eigenvalue weighted by atomic mass is 16.6. The molecule has 0 bridgehead atoms. The van der Waals surface area contributed by atoms with E-state index in [9.17, 15) is 9.59 Å². The number of nitrogens with one attached hydrogen (secondary N) is 1. The van der Waals surface area contributed by atoms with Crippen LogP contribution < -0.4 is 5.32 Å². The molecule has 1 aliphatic rings. The molecule has 5 nitrogen and oxygen atoms in total. The Balaban J connectivity index is 2.15. The van der Waals surface area contributed by atoms with Crippen molar-refractivity contribution in [3.63, 3.8) is 0 Å². The second-order valence-electron chi connectivity index (χ2n) is 6.61. The molecule has 1 N–H and O–H groups in total. The smallest absolute Gasteiger partial charge is 0.411 e. The lowest BCUT2D eigenvalue weighted by atomic mass is 10.1. The van der Waals surface area contributed by atoms with Crippen LogP contribution in [0.25, 0.3) is 6.08 Å². The van der Waals surface area contributed by atoms with Gasteiger partial charge in [0.1, 0.15) is 5.60 Å². The Bertz CT molecular complexity index is 601. The van der Waals surface area contributed by atoms with Gasteiger partial charge in [0.2, 0.25) is 0 Å². The van der Waals surface area contributed by atoms with E-state index in [0.717, 1.165) is 5.56 Å². The van der Waals surface area contributed by atoms with Crippen LogP contribution in [0.2, 0.25) is 0 Å². The molecule has 2 atom stereocenters. The van der Waals surface area contributed by atoms with Crippen molar-refractivity contribution >= 4 is 18.1 Å². The molecule has 1 aromatic carbocycles. The molecule has 0 heterocycles. The van der Waals surface area contributed by atoms with E-state index in [1.54, 1.807) is 0 Å². The lowest BCUT2D eigenvalue weighted by Gasteiger charge is -2.20. The number of esters is 1. The lowest BCUT2D eigenvalue weighted by Crippen LogP contribution is -2.32. The number of carbonyl (C=O) groups excluding carboxylic acids is 2. The molecule has 124 valence electrons. The van der Waals surface area contributed by atoms with Crippen molar-refractivity contribution in [3.8, 4) is 0 Å². The largest absolute Gasteiger partial charge is 0.469 e. The van der Waals surface area contributed by atoms with Gasteiger partial charge >= 0.3 is 12.1 Å². The zero-order valence-corrected chi connectivity index (χ0v) is 14.0. The predicted octanol–water partition coefficient (Wildman–Crippen LogP) is 3.36. The molecule has 2 rings (SSSR count). The summed E-state index contributed by atoms with van der Waals surface area (Å²) in [5.74, 6) is -0.500. The highest BCUT2D eigenvalue weighted by Crippen LogP contribution is 2.44. The topological polar surface area (TPSA) is 64.6 Å². The van der Waals surface area contributed by atoms with Crippen molar-refractivity contribution in [1.82, 2.24) is 5.32 Å². The van der Waals surface area contributed by atoms with Gasteiger partial charge in [0.15, 0.2) is 0 Å². The van der Waals surface area contributed by atoms with E-state index in [1.807, 2.05) is 57.2 Å². The summed E-state index contributed by atoms with van der Waals surface area (Å²) in [5.41, 5.74) is 1.06. The number of methoxy groups -OCH3 is 1. The van der Waals surface area contributed by atoms with Crippen LogP contribution in [0.5, 0.6) is 0 Å². The van der Waals surface area contributed by atoms with Crippen LogP contribution >= 0.6 is 0 Å². The minimum Gasteiger partial charge on any atom is -0.469 e. The number of hydrogen-bond acceptors (Lipinski definition) is 4. The molecule has 1 aliphatic carbocycles. The summed E-state index contributed by atoms with van der Waals surface area (Å²) in [5, 5.41) is 2.79. The number of hydrogen-bond donors (Lipinski definition) is 1. The SMILES string of the molecule is COC(=O)C1CC1/C(=C\c1ccccc1)NC(=O)OC(C)(C)C. The fourth-order valence-corrected chi connectivity index (χ4v) is 2.34. The average molecular weight is 317 g/mol. The van der Waals surface area contributed by atoms with E-state index >= 15 is 0 Å². The lowest BCUT2D eigenvalue weighted by molar-refractivity contribution is -0.142. The Labute approximate surface area is 136 Å². The third-order valence-electron chi connectivity index (χ3n) is 3.46. The van der Waals surface area contributed by atoms with Gasteiger partial charge in [0.05, 0.1) is 13.0 Å². The standard InChI is InChI=1S/C18H23NO4/c1-18(2,3)23-17(21)19-15(10-12-8-6-5-7-9-12)13-11-14(13)16(20)22-4/h5-10,13-14H,11H2,1-4H3,(H,19,21)/b15-10+. The van der Waals surface area contributed by atoms with Crippen molar-refractivity contribution in [2.45, 2.75) is 32.8 Å². The maximum Gasteiger partial charge on any atom is 0.411 e. The maximum absolute atomic E-state index is 12.0. The molecule has 0 aliphatic heterocycles. The quantitative estimate of drug-likeness (QED) is 0.865. The van der Waals surface area contributed by atoms with E-state index in [0.29, 0.717) is 12.1 Å². The van der Waals surface area contributed by atoms with Gasteiger partial charge in [0.25, 0.3) is 0 Å². The van der Waals surface area contributed by atoms with Crippen LogP contribution in [0.4, 0.5) is 4.79 Å². The van der Waals surface area contributed by atoms with Crippen molar-refractivity contribution in [3.05, 3.63) is 41.6 Å². The monoisotopic (exact) mass is 317 g/mol. The Morgan fingerprint density at radius 3 is 2.39 bits per heavy atom. The molecular formula is C18H23NO4. The molecule has 2 unspecified atom stereocenters. The predicted molar refractivity (Wildman–Crippen MR) is 87.4 cm³/mol. The number of benzene rings is 1. The average Bonchev–Trinajstić information content (AvgIpc) is 3.25. The van der Waals surface area contributed by atoms with E-state index in [2.05, 4.69) is 5.32 Å². The van der Waals surface area contributed by atoms with Crippen molar-refractivity contribution in [2.24, 2.45) is 11.8 Å². The summed E-state index contributed by atoms with van der Waals surface area (Å²) >= 11 is 0. The second kappa shape index (κ2) is 6.86. The summed E-state index contributed by atoms with van der Waals surface area (Å²) in [6.07, 6.45) is 2.02. The molecule has 0 radical (unpaired) electrons. The minimum atomic E-state index is -0.576. The van der Waals surface area contributed by atoms with Gasteiger partial charge in [-0.15, -0.1) is 0 Å². The first kappa shape index (κ1) is 17.1. The molecule has 0 spiro atoms. The van der Waals surface area contributed by atoms with Gasteiger partial charge in [-0.2, -0.15) is 0 Å². The van der Waals surface area contributed by atoms with Gasteiger partial charge in [-0.3, -0.25) is 10.1 Å². The van der Waals surface area contributed by atoms with Crippen molar-refractivity contribution in [1.29, 1.82) is 0 Å². The van der Waals surface area contributed by atoms with Crippen LogP contribution in [-0.4, -0.2) is 24.8 Å². The summed E-state index contributed by atoms with van der Waals surface area (Å²) in [6, 6.07) is 9.63. The number of alkyl carbamates (subject to hydrolysis) is 1. The fraction of sp³-hybridized carbons (Fsp3) is 0.444. The summed E-state index contributed by atoms with van der Waals surface area (Å²) in [7, 11) is 1.37.